The maximum absolute atomic E-state index is 13.2. The van der Waals surface area contributed by atoms with E-state index in [0.717, 1.165) is 32.1 Å². The van der Waals surface area contributed by atoms with Crippen LogP contribution in [-0.2, 0) is 18.9 Å². The number of ether oxygens (including phenoxy) is 4. The van der Waals surface area contributed by atoms with Gasteiger partial charge in [-0.05, 0) is 124 Å². The number of carbonyl (C=O) groups excluding carboxylic acids is 2. The molecule has 6 unspecified atom stereocenters. The molecule has 288 valence electrons. The Balaban J connectivity index is 0.936. The number of nitrogens with two attached hydrogens (primary N) is 1. The molecule has 2 saturated heterocycles. The maximum atomic E-state index is 13.2. The highest BCUT2D eigenvalue weighted by Gasteiger charge is 2.73. The van der Waals surface area contributed by atoms with Gasteiger partial charge < -0.3 is 34.9 Å². The lowest BCUT2D eigenvalue weighted by Gasteiger charge is -2.58. The van der Waals surface area contributed by atoms with Crippen molar-refractivity contribution in [1.29, 1.82) is 0 Å². The second-order valence-corrected chi connectivity index (χ2v) is 20.6. The fraction of sp³-hybridized carbons (Fsp3) is 0.905. The summed E-state index contributed by atoms with van der Waals surface area (Å²) in [6, 6.07) is 0. The van der Waals surface area contributed by atoms with Crippen LogP contribution in [-0.4, -0.2) is 73.0 Å². The van der Waals surface area contributed by atoms with E-state index in [1.54, 1.807) is 4.90 Å². The van der Waals surface area contributed by atoms with Crippen LogP contribution in [0.1, 0.15) is 121 Å². The molecular weight excluding hydrogens is 642 g/mol. The van der Waals surface area contributed by atoms with Gasteiger partial charge in [-0.3, -0.25) is 0 Å². The molecule has 1 spiro atoms. The Bertz CT molecular complexity index is 1380. The van der Waals surface area contributed by atoms with E-state index in [2.05, 4.69) is 52.9 Å². The number of rotatable bonds is 8. The van der Waals surface area contributed by atoms with Crippen molar-refractivity contribution in [3.63, 3.8) is 0 Å². The lowest BCUT2D eigenvalue weighted by atomic mass is 9.47. The van der Waals surface area contributed by atoms with Crippen molar-refractivity contribution in [2.45, 2.75) is 150 Å². The Morgan fingerprint density at radius 2 is 1.82 bits per heavy atom. The lowest BCUT2D eigenvalue weighted by Crippen LogP contribution is -2.52. The van der Waals surface area contributed by atoms with E-state index in [0.29, 0.717) is 85.2 Å². The molecule has 6 fully saturated rings. The van der Waals surface area contributed by atoms with Gasteiger partial charge in [0.1, 0.15) is 11.7 Å². The number of carbonyl (C=O) groups is 2. The third-order valence-corrected chi connectivity index (χ3v) is 15.2. The molecule has 4 saturated carbocycles. The smallest absolute Gasteiger partial charge is 0.410 e. The van der Waals surface area contributed by atoms with Gasteiger partial charge in [-0.2, -0.15) is 0 Å². The highest BCUT2D eigenvalue weighted by atomic mass is 16.7. The summed E-state index contributed by atoms with van der Waals surface area (Å²) in [5.41, 5.74) is 6.90. The first-order chi connectivity index (χ1) is 23.8. The third-order valence-electron chi connectivity index (χ3n) is 15.2. The largest absolute Gasteiger partial charge is 0.446 e. The van der Waals surface area contributed by atoms with E-state index < -0.39 is 11.0 Å². The van der Waals surface area contributed by atoms with E-state index >= 15 is 0 Å². The highest BCUT2D eigenvalue weighted by molar-refractivity contribution is 5.68. The zero-order valence-corrected chi connectivity index (χ0v) is 33.4. The molecule has 0 aromatic heterocycles. The zero-order chi connectivity index (χ0) is 36.9. The molecule has 14 atom stereocenters. The summed E-state index contributed by atoms with van der Waals surface area (Å²) in [6.45, 7) is 23.4. The first-order valence-electron chi connectivity index (χ1n) is 20.5. The van der Waals surface area contributed by atoms with Crippen LogP contribution in [0.25, 0.3) is 0 Å². The maximum Gasteiger partial charge on any atom is 0.410 e. The summed E-state index contributed by atoms with van der Waals surface area (Å²) in [5.74, 6) is 4.37. The van der Waals surface area contributed by atoms with Crippen molar-refractivity contribution in [2.24, 2.45) is 69.3 Å². The minimum absolute atomic E-state index is 0.113. The molecule has 0 radical (unpaired) electrons. The van der Waals surface area contributed by atoms with Gasteiger partial charge in [0.25, 0.3) is 0 Å². The number of fused-ring (bicyclic) bond motifs is 8. The molecule has 2 aliphatic heterocycles. The molecule has 0 aromatic carbocycles. The van der Waals surface area contributed by atoms with Crippen LogP contribution >= 0.6 is 0 Å². The molecule has 2 heterocycles. The van der Waals surface area contributed by atoms with Crippen LogP contribution < -0.4 is 11.1 Å². The summed E-state index contributed by atoms with van der Waals surface area (Å²) in [5, 5.41) is 3.03. The normalized spacial score (nSPS) is 44.3. The Morgan fingerprint density at radius 3 is 2.49 bits per heavy atom. The van der Waals surface area contributed by atoms with Gasteiger partial charge in [0, 0.05) is 38.4 Å². The van der Waals surface area contributed by atoms with Crippen molar-refractivity contribution >= 4 is 12.2 Å². The first-order valence-corrected chi connectivity index (χ1v) is 20.5. The second kappa shape index (κ2) is 12.9. The number of amides is 2. The van der Waals surface area contributed by atoms with E-state index in [-0.39, 0.29) is 35.4 Å². The number of hydrogen-bond donors (Lipinski definition) is 2. The Kier molecular flexibility index (Phi) is 9.47. The number of nitrogens with one attached hydrogen (secondary N) is 1. The molecular formula is C42H69N3O6. The van der Waals surface area contributed by atoms with Gasteiger partial charge >= 0.3 is 12.2 Å². The van der Waals surface area contributed by atoms with Crippen molar-refractivity contribution in [1.82, 2.24) is 10.2 Å². The topological polar surface area (TPSA) is 112 Å². The molecule has 0 aromatic rings. The average Bonchev–Trinajstić information content (AvgIpc) is 3.33. The monoisotopic (exact) mass is 712 g/mol. The summed E-state index contributed by atoms with van der Waals surface area (Å²) in [7, 11) is 0. The number of nitrogens with zero attached hydrogens (tertiary/aromatic N) is 1. The van der Waals surface area contributed by atoms with Crippen LogP contribution in [0.4, 0.5) is 9.59 Å². The number of allylic oxidation sites excluding steroid dienone is 1. The Hall–Kier alpha value is -1.84. The fourth-order valence-electron chi connectivity index (χ4n) is 12.4. The molecule has 0 bridgehead atoms. The summed E-state index contributed by atoms with van der Waals surface area (Å²) in [4.78, 5) is 27.9. The molecule has 3 N–H and O–H groups in total. The van der Waals surface area contributed by atoms with Gasteiger partial charge in [-0.25, -0.2) is 9.59 Å². The molecule has 5 aliphatic carbocycles. The summed E-state index contributed by atoms with van der Waals surface area (Å²) >= 11 is 0. The fourth-order valence-corrected chi connectivity index (χ4v) is 12.4. The van der Waals surface area contributed by atoms with Crippen molar-refractivity contribution < 1.29 is 28.5 Å². The predicted octanol–water partition coefficient (Wildman–Crippen LogP) is 7.91. The van der Waals surface area contributed by atoms with E-state index in [1.807, 2.05) is 27.7 Å². The van der Waals surface area contributed by atoms with Gasteiger partial charge in [0.05, 0.1) is 12.2 Å². The summed E-state index contributed by atoms with van der Waals surface area (Å²) < 4.78 is 25.5. The SMILES string of the molecule is CC(CN)CN(CC(C)(C)CNC(=O)O[C@H]1CC[C@@]2(C)C(=CCC3C2CC[C@@]2(C)C3C[C@@H]3O[C@]4(CC5C(O4)[C@@H]5C)[C@@H](C)[C@@H]32)C1)C(=O)OC(C)(C)C. The quantitative estimate of drug-likeness (QED) is 0.246. The van der Waals surface area contributed by atoms with Crippen LogP contribution in [0.15, 0.2) is 11.6 Å². The van der Waals surface area contributed by atoms with Gasteiger partial charge in [0.2, 0.25) is 0 Å². The van der Waals surface area contributed by atoms with E-state index in [1.165, 1.54) is 24.8 Å². The predicted molar refractivity (Wildman–Crippen MR) is 198 cm³/mol. The Labute approximate surface area is 307 Å². The van der Waals surface area contributed by atoms with Gasteiger partial charge in [0.15, 0.2) is 5.79 Å². The number of hydrogen-bond acceptors (Lipinski definition) is 7. The zero-order valence-electron chi connectivity index (χ0n) is 33.4. The van der Waals surface area contributed by atoms with Crippen molar-refractivity contribution in [3.05, 3.63) is 11.6 Å². The average molecular weight is 712 g/mol. The third kappa shape index (κ3) is 6.66. The van der Waals surface area contributed by atoms with Crippen LogP contribution in [0.2, 0.25) is 0 Å². The second-order valence-electron chi connectivity index (χ2n) is 20.6. The molecule has 2 amide bonds. The van der Waals surface area contributed by atoms with Crippen LogP contribution in [0, 0.1) is 63.6 Å². The Morgan fingerprint density at radius 1 is 1.08 bits per heavy atom. The van der Waals surface area contributed by atoms with Gasteiger partial charge in [-0.15, -0.1) is 0 Å². The molecule has 51 heavy (non-hydrogen) atoms. The van der Waals surface area contributed by atoms with Gasteiger partial charge in [-0.1, -0.05) is 60.1 Å². The van der Waals surface area contributed by atoms with E-state index in [4.69, 9.17) is 24.7 Å². The standard InChI is InChI=1S/C42H69N3O6/c1-24(20-43)21-45(37(47)51-38(4,5)6)23-39(7,8)22-44-36(46)48-28-13-15-40(9)27(17-28)11-12-29-31(40)14-16-41(10)32(29)18-33-34(41)26(3)42(49-33)19-30-25(2)35(30)50-42/h11,24-26,28-35H,12-23,43H2,1-10H3,(H,44,46)/t24?,25-,26+,28+,29?,30?,31?,32?,33+,34+,35?,40+,41+,42+/m1/s1. The molecule has 7 aliphatic rings. The molecule has 9 heteroatoms. The number of alkyl carbamates (subject to hydrolysis) is 1. The highest BCUT2D eigenvalue weighted by Crippen LogP contribution is 2.72. The lowest BCUT2D eigenvalue weighted by molar-refractivity contribution is -0.239. The van der Waals surface area contributed by atoms with Crippen molar-refractivity contribution in [2.75, 3.05) is 26.2 Å². The molecule has 9 nitrogen and oxygen atoms in total. The van der Waals surface area contributed by atoms with E-state index in [9.17, 15) is 9.59 Å². The minimum Gasteiger partial charge on any atom is -0.446 e. The van der Waals surface area contributed by atoms with Crippen molar-refractivity contribution in [3.8, 4) is 0 Å². The minimum atomic E-state index is -0.591. The van der Waals surface area contributed by atoms with Crippen LogP contribution in [0.3, 0.4) is 0 Å². The molecule has 7 rings (SSSR count). The van der Waals surface area contributed by atoms with Crippen LogP contribution in [0.5, 0.6) is 0 Å². The summed E-state index contributed by atoms with van der Waals surface area (Å²) in [6.07, 6.45) is 11.2. The first kappa shape index (κ1) is 37.5.